The van der Waals surface area contributed by atoms with Gasteiger partial charge in [-0.05, 0) is 30.9 Å². The standard InChI is InChI=1S/C13H17N3O4/c17-12(18)11(15-13(19)20)9-3-7-16(8-4-9)10-1-5-14-6-2-10/h1-2,5-6,9,11,15H,3-4,7-8H2,(H,17,18)(H,19,20). The highest BCUT2D eigenvalue weighted by atomic mass is 16.4. The number of rotatable bonds is 4. The van der Waals surface area contributed by atoms with E-state index in [-0.39, 0.29) is 5.92 Å². The summed E-state index contributed by atoms with van der Waals surface area (Å²) >= 11 is 0. The van der Waals surface area contributed by atoms with E-state index in [1.807, 2.05) is 12.1 Å². The maximum absolute atomic E-state index is 11.1. The molecule has 0 saturated carbocycles. The summed E-state index contributed by atoms with van der Waals surface area (Å²) in [5.74, 6) is -1.29. The first kappa shape index (κ1) is 14.1. The van der Waals surface area contributed by atoms with Gasteiger partial charge in [-0.25, -0.2) is 9.59 Å². The Kier molecular flexibility index (Phi) is 4.39. The summed E-state index contributed by atoms with van der Waals surface area (Å²) in [6.07, 6.45) is 3.41. The Morgan fingerprint density at radius 2 is 1.85 bits per heavy atom. The maximum atomic E-state index is 11.1. The predicted molar refractivity (Wildman–Crippen MR) is 71.8 cm³/mol. The van der Waals surface area contributed by atoms with Crippen LogP contribution in [0.4, 0.5) is 10.5 Å². The number of piperidine rings is 1. The van der Waals surface area contributed by atoms with Crippen molar-refractivity contribution in [1.29, 1.82) is 0 Å². The fourth-order valence-corrected chi connectivity index (χ4v) is 2.56. The molecule has 0 aromatic carbocycles. The van der Waals surface area contributed by atoms with Crippen LogP contribution in [-0.2, 0) is 4.79 Å². The molecule has 0 aliphatic carbocycles. The highest BCUT2D eigenvalue weighted by Crippen LogP contribution is 2.25. The van der Waals surface area contributed by atoms with Crippen LogP contribution < -0.4 is 10.2 Å². The average molecular weight is 279 g/mol. The lowest BCUT2D eigenvalue weighted by atomic mass is 9.89. The summed E-state index contributed by atoms with van der Waals surface area (Å²) < 4.78 is 0. The Balaban J connectivity index is 1.96. The highest BCUT2D eigenvalue weighted by molar-refractivity contribution is 5.79. The van der Waals surface area contributed by atoms with Crippen molar-refractivity contribution in [3.8, 4) is 0 Å². The summed E-state index contributed by atoms with van der Waals surface area (Å²) in [7, 11) is 0. The smallest absolute Gasteiger partial charge is 0.405 e. The fraction of sp³-hybridized carbons (Fsp3) is 0.462. The van der Waals surface area contributed by atoms with Gasteiger partial charge in [0.25, 0.3) is 0 Å². The number of hydrogen-bond acceptors (Lipinski definition) is 4. The number of aromatic nitrogens is 1. The second-order valence-corrected chi connectivity index (χ2v) is 4.80. The molecular weight excluding hydrogens is 262 g/mol. The van der Waals surface area contributed by atoms with Crippen LogP contribution in [0.15, 0.2) is 24.5 Å². The number of hydrogen-bond donors (Lipinski definition) is 3. The van der Waals surface area contributed by atoms with E-state index >= 15 is 0 Å². The molecule has 1 atom stereocenters. The maximum Gasteiger partial charge on any atom is 0.405 e. The molecule has 7 heteroatoms. The van der Waals surface area contributed by atoms with Crippen LogP contribution in [0.3, 0.4) is 0 Å². The molecule has 1 amide bonds. The summed E-state index contributed by atoms with van der Waals surface area (Å²) in [6.45, 7) is 1.42. The molecule has 1 aromatic heterocycles. The van der Waals surface area contributed by atoms with Crippen LogP contribution in [0.25, 0.3) is 0 Å². The van der Waals surface area contributed by atoms with E-state index in [1.54, 1.807) is 12.4 Å². The Morgan fingerprint density at radius 3 is 2.35 bits per heavy atom. The molecule has 1 aliphatic rings. The van der Waals surface area contributed by atoms with Crippen molar-refractivity contribution in [3.63, 3.8) is 0 Å². The lowest BCUT2D eigenvalue weighted by Crippen LogP contribution is -2.49. The first-order valence-corrected chi connectivity index (χ1v) is 6.45. The molecule has 3 N–H and O–H groups in total. The predicted octanol–water partition coefficient (Wildman–Crippen LogP) is 1.02. The molecule has 7 nitrogen and oxygen atoms in total. The van der Waals surface area contributed by atoms with Crippen LogP contribution >= 0.6 is 0 Å². The third kappa shape index (κ3) is 3.37. The monoisotopic (exact) mass is 279 g/mol. The third-order valence-electron chi connectivity index (χ3n) is 3.58. The molecule has 2 rings (SSSR count). The summed E-state index contributed by atoms with van der Waals surface area (Å²) in [6, 6.07) is 2.78. The van der Waals surface area contributed by atoms with Gasteiger partial charge in [0.2, 0.25) is 0 Å². The van der Waals surface area contributed by atoms with Crippen molar-refractivity contribution in [2.45, 2.75) is 18.9 Å². The number of aliphatic carboxylic acids is 1. The number of carboxylic acid groups (broad SMARTS) is 2. The van der Waals surface area contributed by atoms with Crippen molar-refractivity contribution >= 4 is 17.7 Å². The van der Waals surface area contributed by atoms with Gasteiger partial charge in [0.1, 0.15) is 6.04 Å². The minimum Gasteiger partial charge on any atom is -0.480 e. The number of carbonyl (C=O) groups is 2. The zero-order chi connectivity index (χ0) is 14.5. The summed E-state index contributed by atoms with van der Waals surface area (Å²) in [5, 5.41) is 19.9. The Labute approximate surface area is 116 Å². The zero-order valence-corrected chi connectivity index (χ0v) is 10.9. The summed E-state index contributed by atoms with van der Waals surface area (Å²) in [5.41, 5.74) is 1.05. The molecule has 1 unspecified atom stereocenters. The van der Waals surface area contributed by atoms with Crippen molar-refractivity contribution < 1.29 is 19.8 Å². The number of nitrogens with one attached hydrogen (secondary N) is 1. The molecule has 1 aromatic rings. The first-order chi connectivity index (χ1) is 9.58. The van der Waals surface area contributed by atoms with E-state index in [1.165, 1.54) is 0 Å². The topological polar surface area (TPSA) is 103 Å². The SMILES string of the molecule is O=C(O)NC(C(=O)O)C1CCN(c2ccncc2)CC1. The van der Waals surface area contributed by atoms with Gasteiger partial charge in [0, 0.05) is 31.2 Å². The van der Waals surface area contributed by atoms with E-state index in [0.29, 0.717) is 25.9 Å². The van der Waals surface area contributed by atoms with Gasteiger partial charge in [-0.1, -0.05) is 0 Å². The minimum atomic E-state index is -1.30. The number of nitrogens with zero attached hydrogens (tertiary/aromatic N) is 2. The van der Waals surface area contributed by atoms with Gasteiger partial charge < -0.3 is 20.4 Å². The molecular formula is C13H17N3O4. The lowest BCUT2D eigenvalue weighted by molar-refractivity contribution is -0.141. The minimum absolute atomic E-state index is 0.179. The highest BCUT2D eigenvalue weighted by Gasteiger charge is 2.32. The van der Waals surface area contributed by atoms with Crippen LogP contribution in [0.2, 0.25) is 0 Å². The first-order valence-electron chi connectivity index (χ1n) is 6.45. The number of anilines is 1. The Morgan fingerprint density at radius 1 is 1.25 bits per heavy atom. The molecule has 1 aliphatic heterocycles. The fourth-order valence-electron chi connectivity index (χ4n) is 2.56. The van der Waals surface area contributed by atoms with Crippen LogP contribution in [0.5, 0.6) is 0 Å². The van der Waals surface area contributed by atoms with Gasteiger partial charge in [-0.15, -0.1) is 0 Å². The molecule has 2 heterocycles. The molecule has 1 saturated heterocycles. The van der Waals surface area contributed by atoms with Crippen molar-refractivity contribution in [2.24, 2.45) is 5.92 Å². The number of pyridine rings is 1. The van der Waals surface area contributed by atoms with Crippen molar-refractivity contribution in [3.05, 3.63) is 24.5 Å². The normalized spacial score (nSPS) is 17.5. The summed E-state index contributed by atoms with van der Waals surface area (Å²) in [4.78, 5) is 27.9. The van der Waals surface area contributed by atoms with Crippen LogP contribution in [-0.4, -0.2) is 46.4 Å². The van der Waals surface area contributed by atoms with Gasteiger partial charge in [0.05, 0.1) is 0 Å². The van der Waals surface area contributed by atoms with E-state index < -0.39 is 18.1 Å². The lowest BCUT2D eigenvalue weighted by Gasteiger charge is -2.35. The second-order valence-electron chi connectivity index (χ2n) is 4.80. The number of amides is 1. The molecule has 1 fully saturated rings. The Hall–Kier alpha value is -2.31. The van der Waals surface area contributed by atoms with Gasteiger partial charge >= 0.3 is 12.1 Å². The third-order valence-corrected chi connectivity index (χ3v) is 3.58. The molecule has 0 radical (unpaired) electrons. The molecule has 20 heavy (non-hydrogen) atoms. The zero-order valence-electron chi connectivity index (χ0n) is 10.9. The van der Waals surface area contributed by atoms with Gasteiger partial charge in [0.15, 0.2) is 0 Å². The van der Waals surface area contributed by atoms with E-state index in [4.69, 9.17) is 10.2 Å². The molecule has 108 valence electrons. The van der Waals surface area contributed by atoms with Gasteiger partial charge in [-0.2, -0.15) is 0 Å². The van der Waals surface area contributed by atoms with Gasteiger partial charge in [-0.3, -0.25) is 4.98 Å². The van der Waals surface area contributed by atoms with E-state index in [0.717, 1.165) is 5.69 Å². The van der Waals surface area contributed by atoms with E-state index in [9.17, 15) is 9.59 Å². The Bertz CT molecular complexity index is 472. The quantitative estimate of drug-likeness (QED) is 0.760. The van der Waals surface area contributed by atoms with Crippen molar-refractivity contribution in [1.82, 2.24) is 10.3 Å². The van der Waals surface area contributed by atoms with Crippen LogP contribution in [0, 0.1) is 5.92 Å². The molecule has 0 bridgehead atoms. The largest absolute Gasteiger partial charge is 0.480 e. The average Bonchev–Trinajstić information content (AvgIpc) is 2.45. The molecule has 0 spiro atoms. The van der Waals surface area contributed by atoms with E-state index in [2.05, 4.69) is 15.2 Å². The second kappa shape index (κ2) is 6.23. The van der Waals surface area contributed by atoms with Crippen molar-refractivity contribution in [2.75, 3.05) is 18.0 Å². The number of carboxylic acids is 1. The van der Waals surface area contributed by atoms with Crippen LogP contribution in [0.1, 0.15) is 12.8 Å².